The summed E-state index contributed by atoms with van der Waals surface area (Å²) < 4.78 is 31.1. The molecule has 0 amide bonds. The predicted octanol–water partition coefficient (Wildman–Crippen LogP) is 3.85. The highest BCUT2D eigenvalue weighted by atomic mass is 35.5. The van der Waals surface area contributed by atoms with Crippen molar-refractivity contribution in [3.63, 3.8) is 0 Å². The highest BCUT2D eigenvalue weighted by Crippen LogP contribution is 2.33. The third kappa shape index (κ3) is 3.15. The molecule has 3 aromatic rings. The molecule has 0 aliphatic carbocycles. The van der Waals surface area contributed by atoms with E-state index in [1.165, 1.54) is 12.3 Å². The maximum atomic E-state index is 12.6. The molecule has 0 aliphatic rings. The van der Waals surface area contributed by atoms with E-state index in [2.05, 4.69) is 24.9 Å². The minimum atomic E-state index is -3.03. The van der Waals surface area contributed by atoms with Gasteiger partial charge in [-0.25, -0.2) is 9.97 Å². The molecule has 0 aliphatic heterocycles. The molecular formula is C14H9Cl2F2N5O. The minimum Gasteiger partial charge on any atom is -0.416 e. The Morgan fingerprint density at radius 1 is 1.12 bits per heavy atom. The fourth-order valence-electron chi connectivity index (χ4n) is 2.12. The molecule has 0 unspecified atom stereocenters. The Hall–Kier alpha value is -2.32. The normalized spacial score (nSPS) is 11.1. The van der Waals surface area contributed by atoms with Crippen molar-refractivity contribution in [3.8, 4) is 28.7 Å². The first-order chi connectivity index (χ1) is 11.5. The van der Waals surface area contributed by atoms with Crippen molar-refractivity contribution in [2.24, 2.45) is 7.05 Å². The Kier molecular flexibility index (Phi) is 4.59. The fourth-order valence-corrected chi connectivity index (χ4v) is 2.48. The molecule has 3 rings (SSSR count). The molecule has 0 spiro atoms. The van der Waals surface area contributed by atoms with Crippen LogP contribution in [0.1, 0.15) is 0 Å². The molecule has 0 aromatic carbocycles. The zero-order valence-electron chi connectivity index (χ0n) is 12.1. The van der Waals surface area contributed by atoms with E-state index >= 15 is 0 Å². The van der Waals surface area contributed by atoms with Crippen LogP contribution in [0.5, 0.6) is 5.88 Å². The number of nitrogens with zero attached hydrogens (tertiary/aromatic N) is 5. The van der Waals surface area contributed by atoms with Crippen LogP contribution in [0.25, 0.3) is 22.8 Å². The largest absolute Gasteiger partial charge is 0.416 e. The lowest BCUT2D eigenvalue weighted by Gasteiger charge is -2.10. The molecule has 0 saturated heterocycles. The molecule has 3 heterocycles. The Balaban J connectivity index is 2.12. The van der Waals surface area contributed by atoms with Crippen LogP contribution in [-0.2, 0) is 7.05 Å². The molecule has 10 heteroatoms. The van der Waals surface area contributed by atoms with Crippen molar-refractivity contribution in [3.05, 3.63) is 40.8 Å². The van der Waals surface area contributed by atoms with Gasteiger partial charge in [-0.1, -0.05) is 23.2 Å². The minimum absolute atomic E-state index is 0.184. The van der Waals surface area contributed by atoms with Crippen LogP contribution in [0.3, 0.4) is 0 Å². The second kappa shape index (κ2) is 6.66. The van der Waals surface area contributed by atoms with Crippen molar-refractivity contribution < 1.29 is 13.5 Å². The average Bonchev–Trinajstić information content (AvgIpc) is 2.91. The lowest BCUT2D eigenvalue weighted by molar-refractivity contribution is -0.0524. The summed E-state index contributed by atoms with van der Waals surface area (Å²) in [5, 5.41) is 8.55. The van der Waals surface area contributed by atoms with Crippen LogP contribution in [0.2, 0.25) is 10.2 Å². The summed E-state index contributed by atoms with van der Waals surface area (Å²) in [5.41, 5.74) is 0.732. The van der Waals surface area contributed by atoms with Gasteiger partial charge < -0.3 is 9.30 Å². The quantitative estimate of drug-likeness (QED) is 0.651. The van der Waals surface area contributed by atoms with E-state index in [0.29, 0.717) is 11.4 Å². The van der Waals surface area contributed by atoms with Gasteiger partial charge in [-0.3, -0.25) is 0 Å². The van der Waals surface area contributed by atoms with Crippen LogP contribution in [0, 0.1) is 0 Å². The standard InChI is InChI=1S/C14H9Cl2F2N5O/c1-23-11(8-3-2-4-19-10(8)16)21-22-12(23)9-5-7(15)6-20-13(9)24-14(17)18/h2-6,14H,1H3. The zero-order valence-corrected chi connectivity index (χ0v) is 13.6. The smallest absolute Gasteiger partial charge is 0.388 e. The van der Waals surface area contributed by atoms with Crippen LogP contribution in [-0.4, -0.2) is 31.3 Å². The van der Waals surface area contributed by atoms with Gasteiger partial charge in [0.25, 0.3) is 0 Å². The Morgan fingerprint density at radius 3 is 2.50 bits per heavy atom. The number of halogens is 4. The van der Waals surface area contributed by atoms with Gasteiger partial charge in [-0.05, 0) is 18.2 Å². The van der Waals surface area contributed by atoms with Crippen molar-refractivity contribution in [1.29, 1.82) is 0 Å². The molecule has 3 aromatic heterocycles. The number of pyridine rings is 2. The number of aromatic nitrogens is 5. The number of hydrogen-bond donors (Lipinski definition) is 0. The molecule has 0 bridgehead atoms. The zero-order chi connectivity index (χ0) is 17.3. The van der Waals surface area contributed by atoms with Gasteiger partial charge in [-0.2, -0.15) is 8.78 Å². The first-order valence-corrected chi connectivity index (χ1v) is 7.34. The summed E-state index contributed by atoms with van der Waals surface area (Å²) in [7, 11) is 1.65. The lowest BCUT2D eigenvalue weighted by Crippen LogP contribution is -2.06. The van der Waals surface area contributed by atoms with E-state index in [1.807, 2.05) is 0 Å². The molecule has 124 valence electrons. The first kappa shape index (κ1) is 16.5. The molecule has 0 saturated carbocycles. The Labute approximate surface area is 145 Å². The van der Waals surface area contributed by atoms with E-state index in [0.717, 1.165) is 0 Å². The molecule has 24 heavy (non-hydrogen) atoms. The van der Waals surface area contributed by atoms with Crippen molar-refractivity contribution >= 4 is 23.2 Å². The van der Waals surface area contributed by atoms with Crippen LogP contribution >= 0.6 is 23.2 Å². The van der Waals surface area contributed by atoms with Gasteiger partial charge in [0.1, 0.15) is 5.15 Å². The number of ether oxygens (including phenoxy) is 1. The summed E-state index contributed by atoms with van der Waals surface area (Å²) in [6.45, 7) is -3.03. The van der Waals surface area contributed by atoms with Crippen molar-refractivity contribution in [1.82, 2.24) is 24.7 Å². The van der Waals surface area contributed by atoms with Gasteiger partial charge in [-0.15, -0.1) is 10.2 Å². The first-order valence-electron chi connectivity index (χ1n) is 6.58. The monoisotopic (exact) mass is 371 g/mol. The molecule has 0 atom stereocenters. The summed E-state index contributed by atoms with van der Waals surface area (Å²) in [5.74, 6) is 0.357. The highest BCUT2D eigenvalue weighted by Gasteiger charge is 2.21. The maximum absolute atomic E-state index is 12.6. The third-order valence-corrected chi connectivity index (χ3v) is 3.64. The van der Waals surface area contributed by atoms with E-state index in [9.17, 15) is 8.78 Å². The highest BCUT2D eigenvalue weighted by molar-refractivity contribution is 6.32. The van der Waals surface area contributed by atoms with Crippen LogP contribution in [0.15, 0.2) is 30.6 Å². The molecule has 6 nitrogen and oxygen atoms in total. The van der Waals surface area contributed by atoms with Gasteiger partial charge in [0.05, 0.1) is 16.1 Å². The Bertz CT molecular complexity index is 887. The summed E-state index contributed by atoms with van der Waals surface area (Å²) in [6, 6.07) is 4.84. The Morgan fingerprint density at radius 2 is 1.83 bits per heavy atom. The topological polar surface area (TPSA) is 65.7 Å². The van der Waals surface area contributed by atoms with Gasteiger partial charge in [0.15, 0.2) is 11.6 Å². The maximum Gasteiger partial charge on any atom is 0.388 e. The second-order valence-electron chi connectivity index (χ2n) is 4.63. The fraction of sp³-hybridized carbons (Fsp3) is 0.143. The molecule has 0 radical (unpaired) electrons. The van der Waals surface area contributed by atoms with Gasteiger partial charge in [0, 0.05) is 19.4 Å². The van der Waals surface area contributed by atoms with Crippen LogP contribution < -0.4 is 4.74 Å². The lowest BCUT2D eigenvalue weighted by atomic mass is 10.2. The van der Waals surface area contributed by atoms with Gasteiger partial charge >= 0.3 is 6.61 Å². The van der Waals surface area contributed by atoms with E-state index in [-0.39, 0.29) is 27.4 Å². The average molecular weight is 372 g/mol. The van der Waals surface area contributed by atoms with Crippen molar-refractivity contribution in [2.45, 2.75) is 6.61 Å². The van der Waals surface area contributed by atoms with Crippen molar-refractivity contribution in [2.75, 3.05) is 0 Å². The summed E-state index contributed by atoms with van der Waals surface area (Å²) in [6.07, 6.45) is 2.75. The summed E-state index contributed by atoms with van der Waals surface area (Å²) in [4.78, 5) is 7.76. The number of hydrogen-bond acceptors (Lipinski definition) is 5. The predicted molar refractivity (Wildman–Crippen MR) is 84.1 cm³/mol. The van der Waals surface area contributed by atoms with Gasteiger partial charge in [0.2, 0.25) is 5.88 Å². The van der Waals surface area contributed by atoms with E-state index in [1.54, 1.807) is 29.9 Å². The van der Waals surface area contributed by atoms with Crippen LogP contribution in [0.4, 0.5) is 8.78 Å². The number of rotatable bonds is 4. The SMILES string of the molecule is Cn1c(-c2cccnc2Cl)nnc1-c1cc(Cl)cnc1OC(F)F. The molecular weight excluding hydrogens is 363 g/mol. The molecule has 0 N–H and O–H groups in total. The summed E-state index contributed by atoms with van der Waals surface area (Å²) >= 11 is 12.0. The number of alkyl halides is 2. The molecule has 0 fully saturated rings. The van der Waals surface area contributed by atoms with E-state index in [4.69, 9.17) is 23.2 Å². The van der Waals surface area contributed by atoms with E-state index < -0.39 is 6.61 Å². The second-order valence-corrected chi connectivity index (χ2v) is 5.43. The third-order valence-electron chi connectivity index (χ3n) is 3.13.